The molecule has 0 aliphatic carbocycles. The van der Waals surface area contributed by atoms with Gasteiger partial charge in [-0.1, -0.05) is 0 Å². The van der Waals surface area contributed by atoms with E-state index < -0.39 is 0 Å². The van der Waals surface area contributed by atoms with Crippen LogP contribution >= 0.6 is 0 Å². The monoisotopic (exact) mass is 249 g/mol. The Morgan fingerprint density at radius 2 is 2.39 bits per heavy atom. The molecule has 1 fully saturated rings. The van der Waals surface area contributed by atoms with Crippen LogP contribution in [0.2, 0.25) is 0 Å². The summed E-state index contributed by atoms with van der Waals surface area (Å²) in [6, 6.07) is 3.82. The lowest BCUT2D eigenvalue weighted by Gasteiger charge is -2.32. The van der Waals surface area contributed by atoms with Crippen molar-refractivity contribution in [2.24, 2.45) is 13.0 Å². The van der Waals surface area contributed by atoms with E-state index in [9.17, 15) is 4.79 Å². The smallest absolute Gasteiger partial charge is 0.193 e. The lowest BCUT2D eigenvalue weighted by molar-refractivity contribution is 0.0879. The third-order valence-corrected chi connectivity index (χ3v) is 3.69. The van der Waals surface area contributed by atoms with Gasteiger partial charge < -0.3 is 9.88 Å². The van der Waals surface area contributed by atoms with Crippen LogP contribution in [0.25, 0.3) is 0 Å². The normalized spacial score (nSPS) is 21.1. The summed E-state index contributed by atoms with van der Waals surface area (Å²) in [5, 5.41) is 3.23. The summed E-state index contributed by atoms with van der Waals surface area (Å²) in [6.07, 6.45) is 4.40. The molecule has 0 saturated carbocycles. The minimum Gasteiger partial charge on any atom is -0.348 e. The van der Waals surface area contributed by atoms with Crippen LogP contribution in [0, 0.1) is 5.92 Å². The van der Waals surface area contributed by atoms with E-state index in [1.165, 1.54) is 12.8 Å². The standard InChI is InChI=1S/C14H23N3O/c1-15-9-12-5-3-8-17(10-12)11-14(18)13-6-4-7-16(13)2/h4,6-7,12,15H,3,5,8-11H2,1-2H3. The summed E-state index contributed by atoms with van der Waals surface area (Å²) in [5.41, 5.74) is 0.811. The zero-order valence-electron chi connectivity index (χ0n) is 11.4. The number of piperidine rings is 1. The Hall–Kier alpha value is -1.13. The zero-order chi connectivity index (χ0) is 13.0. The molecule has 0 amide bonds. The highest BCUT2D eigenvalue weighted by molar-refractivity contribution is 5.96. The minimum absolute atomic E-state index is 0.229. The van der Waals surface area contributed by atoms with E-state index in [-0.39, 0.29) is 5.78 Å². The fraction of sp³-hybridized carbons (Fsp3) is 0.643. The van der Waals surface area contributed by atoms with Gasteiger partial charge in [-0.25, -0.2) is 0 Å². The number of likely N-dealkylation sites (tertiary alicyclic amines) is 1. The third-order valence-electron chi connectivity index (χ3n) is 3.69. The average molecular weight is 249 g/mol. The molecule has 1 N–H and O–H groups in total. The van der Waals surface area contributed by atoms with Crippen molar-refractivity contribution in [2.75, 3.05) is 33.2 Å². The molecule has 100 valence electrons. The molecular formula is C14H23N3O. The van der Waals surface area contributed by atoms with Gasteiger partial charge in [-0.2, -0.15) is 0 Å². The van der Waals surface area contributed by atoms with E-state index in [1.54, 1.807) is 0 Å². The van der Waals surface area contributed by atoms with Crippen LogP contribution in [0.4, 0.5) is 0 Å². The first-order chi connectivity index (χ1) is 8.70. The van der Waals surface area contributed by atoms with Gasteiger partial charge in [-0.05, 0) is 51.0 Å². The number of hydrogen-bond acceptors (Lipinski definition) is 3. The maximum atomic E-state index is 12.2. The summed E-state index contributed by atoms with van der Waals surface area (Å²) in [7, 11) is 3.92. The number of aromatic nitrogens is 1. The van der Waals surface area contributed by atoms with E-state index >= 15 is 0 Å². The van der Waals surface area contributed by atoms with Gasteiger partial charge in [0.1, 0.15) is 0 Å². The summed E-state index contributed by atoms with van der Waals surface area (Å²) in [4.78, 5) is 14.5. The second-order valence-electron chi connectivity index (χ2n) is 5.23. The van der Waals surface area contributed by atoms with E-state index in [0.717, 1.165) is 25.3 Å². The first-order valence-corrected chi connectivity index (χ1v) is 6.72. The molecule has 18 heavy (non-hydrogen) atoms. The van der Waals surface area contributed by atoms with Crippen LogP contribution in [0.1, 0.15) is 23.3 Å². The molecule has 1 saturated heterocycles. The highest BCUT2D eigenvalue weighted by Crippen LogP contribution is 2.16. The van der Waals surface area contributed by atoms with Gasteiger partial charge >= 0.3 is 0 Å². The predicted molar refractivity (Wildman–Crippen MR) is 72.8 cm³/mol. The number of carbonyl (C=O) groups excluding carboxylic acids is 1. The Morgan fingerprint density at radius 3 is 3.06 bits per heavy atom. The van der Waals surface area contributed by atoms with Crippen molar-refractivity contribution in [3.63, 3.8) is 0 Å². The second kappa shape index (κ2) is 6.16. The molecule has 1 aliphatic heterocycles. The Bertz CT molecular complexity index is 397. The fourth-order valence-corrected chi connectivity index (χ4v) is 2.79. The van der Waals surface area contributed by atoms with Crippen LogP contribution < -0.4 is 5.32 Å². The predicted octanol–water partition coefficient (Wildman–Crippen LogP) is 1.14. The van der Waals surface area contributed by atoms with Gasteiger partial charge in [0.15, 0.2) is 5.78 Å². The highest BCUT2D eigenvalue weighted by atomic mass is 16.1. The van der Waals surface area contributed by atoms with Crippen LogP contribution in [-0.4, -0.2) is 48.5 Å². The van der Waals surface area contributed by atoms with Crippen molar-refractivity contribution >= 4 is 5.78 Å². The van der Waals surface area contributed by atoms with Crippen molar-refractivity contribution in [3.05, 3.63) is 24.0 Å². The molecule has 1 unspecified atom stereocenters. The van der Waals surface area contributed by atoms with Crippen molar-refractivity contribution < 1.29 is 4.79 Å². The Kier molecular flexibility index (Phi) is 4.55. The summed E-state index contributed by atoms with van der Waals surface area (Å²) >= 11 is 0. The van der Waals surface area contributed by atoms with Crippen molar-refractivity contribution in [1.29, 1.82) is 0 Å². The van der Waals surface area contributed by atoms with Crippen LogP contribution in [0.3, 0.4) is 0 Å². The molecule has 0 aromatic carbocycles. The van der Waals surface area contributed by atoms with Gasteiger partial charge in [0, 0.05) is 19.8 Å². The third kappa shape index (κ3) is 3.21. The molecule has 0 spiro atoms. The van der Waals surface area contributed by atoms with Crippen molar-refractivity contribution in [1.82, 2.24) is 14.8 Å². The Labute approximate surface area is 109 Å². The largest absolute Gasteiger partial charge is 0.348 e. The number of rotatable bonds is 5. The number of carbonyl (C=O) groups is 1. The minimum atomic E-state index is 0.229. The maximum Gasteiger partial charge on any atom is 0.193 e. The zero-order valence-corrected chi connectivity index (χ0v) is 11.4. The van der Waals surface area contributed by atoms with E-state index in [0.29, 0.717) is 12.5 Å². The van der Waals surface area contributed by atoms with Gasteiger partial charge in [0.25, 0.3) is 0 Å². The molecule has 1 aliphatic rings. The van der Waals surface area contributed by atoms with Gasteiger partial charge in [-0.15, -0.1) is 0 Å². The van der Waals surface area contributed by atoms with E-state index in [4.69, 9.17) is 0 Å². The lowest BCUT2D eigenvalue weighted by atomic mass is 9.98. The molecular weight excluding hydrogens is 226 g/mol. The molecule has 1 aromatic rings. The van der Waals surface area contributed by atoms with Gasteiger partial charge in [0.05, 0.1) is 12.2 Å². The molecule has 0 radical (unpaired) electrons. The average Bonchev–Trinajstić information content (AvgIpc) is 2.76. The summed E-state index contributed by atoms with van der Waals surface area (Å²) in [5.74, 6) is 0.914. The molecule has 0 bridgehead atoms. The maximum absolute atomic E-state index is 12.2. The van der Waals surface area contributed by atoms with Crippen LogP contribution in [0.15, 0.2) is 18.3 Å². The number of nitrogens with zero attached hydrogens (tertiary/aromatic N) is 2. The number of Topliss-reactive ketones (excluding diaryl/α,β-unsaturated/α-hetero) is 1. The highest BCUT2D eigenvalue weighted by Gasteiger charge is 2.22. The van der Waals surface area contributed by atoms with E-state index in [2.05, 4.69) is 10.2 Å². The van der Waals surface area contributed by atoms with Crippen molar-refractivity contribution in [3.8, 4) is 0 Å². The van der Waals surface area contributed by atoms with Gasteiger partial charge in [-0.3, -0.25) is 9.69 Å². The number of hydrogen-bond donors (Lipinski definition) is 1. The summed E-state index contributed by atoms with van der Waals surface area (Å²) in [6.45, 7) is 3.69. The van der Waals surface area contributed by atoms with E-state index in [1.807, 2.05) is 37.0 Å². The Balaban J connectivity index is 1.89. The quantitative estimate of drug-likeness (QED) is 0.795. The SMILES string of the molecule is CNCC1CCCN(CC(=O)c2cccn2C)C1. The molecule has 4 nitrogen and oxygen atoms in total. The molecule has 2 heterocycles. The topological polar surface area (TPSA) is 37.3 Å². The Morgan fingerprint density at radius 1 is 1.56 bits per heavy atom. The number of nitrogens with one attached hydrogen (secondary N) is 1. The van der Waals surface area contributed by atoms with Crippen LogP contribution in [-0.2, 0) is 7.05 Å². The van der Waals surface area contributed by atoms with Gasteiger partial charge in [0.2, 0.25) is 0 Å². The fourth-order valence-electron chi connectivity index (χ4n) is 2.79. The lowest BCUT2D eigenvalue weighted by Crippen LogP contribution is -2.41. The molecule has 1 atom stereocenters. The number of ketones is 1. The van der Waals surface area contributed by atoms with Crippen LogP contribution in [0.5, 0.6) is 0 Å². The molecule has 4 heteroatoms. The first-order valence-electron chi connectivity index (χ1n) is 6.72. The number of aryl methyl sites for hydroxylation is 1. The first kappa shape index (κ1) is 13.3. The summed E-state index contributed by atoms with van der Waals surface area (Å²) < 4.78 is 1.90. The molecule has 2 rings (SSSR count). The van der Waals surface area contributed by atoms with Crippen molar-refractivity contribution in [2.45, 2.75) is 12.8 Å². The molecule has 1 aromatic heterocycles. The second-order valence-corrected chi connectivity index (χ2v) is 5.23.